The third-order valence-corrected chi connectivity index (χ3v) is 1.27. The second kappa shape index (κ2) is 4.07. The average Bonchev–Trinajstić information content (AvgIpc) is 2.03. The van der Waals surface area contributed by atoms with E-state index in [0.717, 1.165) is 6.07 Å². The molecule has 62 valence electrons. The van der Waals surface area contributed by atoms with Gasteiger partial charge in [-0.3, -0.25) is 0 Å². The molecule has 0 aromatic carbocycles. The van der Waals surface area contributed by atoms with E-state index in [4.69, 9.17) is 0 Å². The number of aromatic nitrogens is 1. The molecule has 1 nitrogen and oxygen atoms in total. The van der Waals surface area contributed by atoms with Gasteiger partial charge in [0.15, 0.2) is 0 Å². The van der Waals surface area contributed by atoms with Crippen molar-refractivity contribution in [3.8, 4) is 11.8 Å². The lowest BCUT2D eigenvalue weighted by molar-refractivity contribution is 0.510. The van der Waals surface area contributed by atoms with Crippen LogP contribution in [0.1, 0.15) is 5.56 Å². The Morgan fingerprint density at radius 3 is 2.75 bits per heavy atom. The summed E-state index contributed by atoms with van der Waals surface area (Å²) in [6, 6.07) is 2.31. The van der Waals surface area contributed by atoms with Crippen LogP contribution in [0.2, 0.25) is 0 Å². The molecule has 0 amide bonds. The molecule has 0 fully saturated rings. The summed E-state index contributed by atoms with van der Waals surface area (Å²) in [5, 5.41) is 0. The van der Waals surface area contributed by atoms with E-state index >= 15 is 0 Å². The first-order chi connectivity index (χ1) is 5.74. The van der Waals surface area contributed by atoms with Crippen LogP contribution in [0.25, 0.3) is 0 Å². The van der Waals surface area contributed by atoms with Crippen molar-refractivity contribution in [2.24, 2.45) is 0 Å². The van der Waals surface area contributed by atoms with Crippen molar-refractivity contribution in [1.29, 1.82) is 0 Å². The molecule has 0 saturated carbocycles. The van der Waals surface area contributed by atoms with Gasteiger partial charge in [0.25, 0.3) is 0 Å². The molecule has 0 aliphatic carbocycles. The standard InChI is InChI=1S/C8H5F2NS/c9-7-4-3-6(2-1-5-12)8(10)11-7/h3-4,12H,5H2. The lowest BCUT2D eigenvalue weighted by atomic mass is 10.3. The van der Waals surface area contributed by atoms with Crippen LogP contribution in [0, 0.1) is 23.7 Å². The molecule has 0 radical (unpaired) electrons. The van der Waals surface area contributed by atoms with Crippen molar-refractivity contribution in [2.75, 3.05) is 5.75 Å². The van der Waals surface area contributed by atoms with Gasteiger partial charge >= 0.3 is 0 Å². The molecule has 0 saturated heterocycles. The number of pyridine rings is 1. The minimum absolute atomic E-state index is 0.0884. The van der Waals surface area contributed by atoms with Crippen molar-refractivity contribution in [3.63, 3.8) is 0 Å². The first-order valence-electron chi connectivity index (χ1n) is 3.16. The zero-order valence-electron chi connectivity index (χ0n) is 6.01. The third kappa shape index (κ3) is 2.21. The molecule has 0 aliphatic heterocycles. The maximum Gasteiger partial charge on any atom is 0.231 e. The predicted molar refractivity (Wildman–Crippen MR) is 44.9 cm³/mol. The first-order valence-corrected chi connectivity index (χ1v) is 3.79. The van der Waals surface area contributed by atoms with E-state index in [0.29, 0.717) is 5.75 Å². The van der Waals surface area contributed by atoms with Gasteiger partial charge in [-0.15, -0.1) is 0 Å². The molecule has 0 N–H and O–H groups in total. The number of thiol groups is 1. The van der Waals surface area contributed by atoms with Crippen molar-refractivity contribution in [1.82, 2.24) is 4.98 Å². The Morgan fingerprint density at radius 1 is 1.42 bits per heavy atom. The molecule has 1 heterocycles. The molecule has 12 heavy (non-hydrogen) atoms. The molecule has 0 unspecified atom stereocenters. The Balaban J connectivity index is 3.01. The van der Waals surface area contributed by atoms with Gasteiger partial charge in [-0.25, -0.2) is 0 Å². The summed E-state index contributed by atoms with van der Waals surface area (Å²) in [6.07, 6.45) is 0. The summed E-state index contributed by atoms with van der Waals surface area (Å²) in [5.41, 5.74) is 0.0884. The van der Waals surface area contributed by atoms with Crippen LogP contribution in [0.15, 0.2) is 12.1 Å². The molecular formula is C8H5F2NS. The van der Waals surface area contributed by atoms with Crippen LogP contribution in [0.4, 0.5) is 8.78 Å². The second-order valence-corrected chi connectivity index (χ2v) is 2.25. The fourth-order valence-electron chi connectivity index (χ4n) is 0.640. The summed E-state index contributed by atoms with van der Waals surface area (Å²) in [6.45, 7) is 0. The van der Waals surface area contributed by atoms with Crippen molar-refractivity contribution in [3.05, 3.63) is 29.6 Å². The molecular weight excluding hydrogens is 180 g/mol. The smallest absolute Gasteiger partial charge is 0.189 e. The van der Waals surface area contributed by atoms with Crippen LogP contribution in [0.5, 0.6) is 0 Å². The summed E-state index contributed by atoms with van der Waals surface area (Å²) >= 11 is 3.81. The highest BCUT2D eigenvalue weighted by Gasteiger charge is 2.00. The number of nitrogens with zero attached hydrogens (tertiary/aromatic N) is 1. The van der Waals surface area contributed by atoms with Gasteiger partial charge in [0.1, 0.15) is 0 Å². The Morgan fingerprint density at radius 2 is 2.17 bits per heavy atom. The lowest BCUT2D eigenvalue weighted by Crippen LogP contribution is -1.91. The number of rotatable bonds is 0. The van der Waals surface area contributed by atoms with Crippen LogP contribution in [0.3, 0.4) is 0 Å². The van der Waals surface area contributed by atoms with E-state index in [9.17, 15) is 8.78 Å². The predicted octanol–water partition coefficient (Wildman–Crippen LogP) is 1.64. The van der Waals surface area contributed by atoms with Crippen molar-refractivity contribution < 1.29 is 8.78 Å². The molecule has 0 bridgehead atoms. The van der Waals surface area contributed by atoms with Crippen LogP contribution in [-0.2, 0) is 0 Å². The summed E-state index contributed by atoms with van der Waals surface area (Å²) in [7, 11) is 0. The average molecular weight is 185 g/mol. The van der Waals surface area contributed by atoms with E-state index in [1.807, 2.05) is 0 Å². The van der Waals surface area contributed by atoms with Gasteiger partial charge in [-0.2, -0.15) is 26.4 Å². The number of hydrogen-bond donors (Lipinski definition) is 1. The molecule has 0 aliphatic rings. The van der Waals surface area contributed by atoms with Gasteiger partial charge in [0.05, 0.1) is 11.3 Å². The topological polar surface area (TPSA) is 12.9 Å². The van der Waals surface area contributed by atoms with E-state index in [-0.39, 0.29) is 5.56 Å². The Hall–Kier alpha value is -1.08. The summed E-state index contributed by atoms with van der Waals surface area (Å²) in [5.74, 6) is 3.60. The normalized spacial score (nSPS) is 8.92. The van der Waals surface area contributed by atoms with E-state index in [2.05, 4.69) is 29.5 Å². The highest BCUT2D eigenvalue weighted by molar-refractivity contribution is 7.80. The van der Waals surface area contributed by atoms with Crippen LogP contribution < -0.4 is 0 Å². The zero-order chi connectivity index (χ0) is 8.97. The van der Waals surface area contributed by atoms with Gasteiger partial charge in [0, 0.05) is 0 Å². The fraction of sp³-hybridized carbons (Fsp3) is 0.125. The number of halogens is 2. The van der Waals surface area contributed by atoms with Crippen molar-refractivity contribution >= 4 is 12.6 Å². The maximum atomic E-state index is 12.7. The molecule has 1 aromatic heterocycles. The maximum absolute atomic E-state index is 12.7. The Labute approximate surface area is 74.2 Å². The van der Waals surface area contributed by atoms with E-state index < -0.39 is 11.9 Å². The van der Waals surface area contributed by atoms with Gasteiger partial charge < -0.3 is 0 Å². The Bertz CT molecular complexity index is 341. The zero-order valence-corrected chi connectivity index (χ0v) is 6.91. The minimum Gasteiger partial charge on any atom is -0.189 e. The monoisotopic (exact) mass is 185 g/mol. The number of hydrogen-bond acceptors (Lipinski definition) is 2. The summed E-state index contributed by atoms with van der Waals surface area (Å²) < 4.78 is 25.0. The Kier molecular flexibility index (Phi) is 3.06. The SMILES string of the molecule is Fc1ccc(C#CCS)c(F)n1. The lowest BCUT2D eigenvalue weighted by Gasteiger charge is -1.91. The van der Waals surface area contributed by atoms with E-state index in [1.165, 1.54) is 6.07 Å². The van der Waals surface area contributed by atoms with E-state index in [1.54, 1.807) is 0 Å². The van der Waals surface area contributed by atoms with Crippen molar-refractivity contribution in [2.45, 2.75) is 0 Å². The largest absolute Gasteiger partial charge is 0.231 e. The highest BCUT2D eigenvalue weighted by atomic mass is 32.1. The quantitative estimate of drug-likeness (QED) is 0.368. The molecule has 1 aromatic rings. The van der Waals surface area contributed by atoms with Gasteiger partial charge in [-0.05, 0) is 12.1 Å². The fourth-order valence-corrected chi connectivity index (χ4v) is 0.719. The molecule has 1 rings (SSSR count). The minimum atomic E-state index is -0.885. The van der Waals surface area contributed by atoms with Gasteiger partial charge in [0.2, 0.25) is 11.9 Å². The molecule has 0 atom stereocenters. The molecule has 4 heteroatoms. The van der Waals surface area contributed by atoms with Gasteiger partial charge in [-0.1, -0.05) is 11.8 Å². The third-order valence-electron chi connectivity index (χ3n) is 1.12. The first kappa shape index (κ1) is 9.01. The highest BCUT2D eigenvalue weighted by Crippen LogP contribution is 2.03. The van der Waals surface area contributed by atoms with Crippen LogP contribution in [-0.4, -0.2) is 10.7 Å². The summed E-state index contributed by atoms with van der Waals surface area (Å²) in [4.78, 5) is 2.97. The molecule has 0 spiro atoms. The second-order valence-electron chi connectivity index (χ2n) is 1.93. The van der Waals surface area contributed by atoms with Crippen LogP contribution >= 0.6 is 12.6 Å².